The topological polar surface area (TPSA) is 100 Å². The van der Waals surface area contributed by atoms with Crippen molar-refractivity contribution in [3.05, 3.63) is 47.7 Å². The van der Waals surface area contributed by atoms with Crippen LogP contribution in [0.1, 0.15) is 17.2 Å². The average molecular weight is 353 g/mol. The number of benzene rings is 1. The lowest BCUT2D eigenvalue weighted by atomic mass is 9.97. The summed E-state index contributed by atoms with van der Waals surface area (Å²) >= 11 is 0. The van der Waals surface area contributed by atoms with Gasteiger partial charge in [0.05, 0.1) is 12.1 Å². The van der Waals surface area contributed by atoms with Gasteiger partial charge in [0, 0.05) is 19.3 Å². The van der Waals surface area contributed by atoms with E-state index in [1.54, 1.807) is 19.3 Å². The summed E-state index contributed by atoms with van der Waals surface area (Å²) in [5.41, 5.74) is 1.91. The number of nitriles is 1. The standard InChI is InChI=1S/C18H19N5O3/c1-12-3-5-13(6-4-12)16-17(26-11-15(24)22(16)2)18(25)20-14-7-9-23(21-14)10-8-19/h3-7,9,16-17H,10-11H2,1-2H3,(H,20,21,25). The third-order valence-corrected chi connectivity index (χ3v) is 4.29. The molecule has 2 heterocycles. The smallest absolute Gasteiger partial charge is 0.257 e. The molecule has 134 valence electrons. The lowest BCUT2D eigenvalue weighted by Crippen LogP contribution is -2.51. The molecule has 2 amide bonds. The van der Waals surface area contributed by atoms with Gasteiger partial charge < -0.3 is 15.0 Å². The summed E-state index contributed by atoms with van der Waals surface area (Å²) in [6, 6.07) is 10.7. The summed E-state index contributed by atoms with van der Waals surface area (Å²) in [4.78, 5) is 26.4. The number of carbonyl (C=O) groups is 2. The predicted octanol–water partition coefficient (Wildman–Crippen LogP) is 1.25. The molecule has 1 fully saturated rings. The van der Waals surface area contributed by atoms with Crippen LogP contribution in [0.25, 0.3) is 0 Å². The van der Waals surface area contributed by atoms with Crippen molar-refractivity contribution in [2.75, 3.05) is 19.0 Å². The van der Waals surface area contributed by atoms with E-state index >= 15 is 0 Å². The van der Waals surface area contributed by atoms with Crippen molar-refractivity contribution in [2.45, 2.75) is 25.6 Å². The average Bonchev–Trinajstić information content (AvgIpc) is 3.05. The molecule has 2 aromatic rings. The molecule has 1 N–H and O–H groups in total. The van der Waals surface area contributed by atoms with E-state index in [0.29, 0.717) is 5.82 Å². The summed E-state index contributed by atoms with van der Waals surface area (Å²) in [6.07, 6.45) is 0.745. The first-order chi connectivity index (χ1) is 12.5. The van der Waals surface area contributed by atoms with E-state index in [-0.39, 0.29) is 19.1 Å². The Kier molecular flexibility index (Phi) is 5.00. The van der Waals surface area contributed by atoms with Gasteiger partial charge in [0.15, 0.2) is 11.9 Å². The molecule has 1 saturated heterocycles. The number of hydrogen-bond donors (Lipinski definition) is 1. The minimum Gasteiger partial charge on any atom is -0.356 e. The molecule has 26 heavy (non-hydrogen) atoms. The first-order valence-electron chi connectivity index (χ1n) is 8.14. The Morgan fingerprint density at radius 2 is 2.12 bits per heavy atom. The Morgan fingerprint density at radius 1 is 1.38 bits per heavy atom. The molecule has 8 heteroatoms. The molecule has 2 unspecified atom stereocenters. The number of nitrogens with zero attached hydrogens (tertiary/aromatic N) is 4. The lowest BCUT2D eigenvalue weighted by Gasteiger charge is -2.38. The first kappa shape index (κ1) is 17.6. The molecule has 1 aromatic carbocycles. The van der Waals surface area contributed by atoms with Gasteiger partial charge in [0.1, 0.15) is 13.2 Å². The maximum Gasteiger partial charge on any atom is 0.257 e. The molecule has 0 bridgehead atoms. The molecule has 0 radical (unpaired) electrons. The van der Waals surface area contributed by atoms with Gasteiger partial charge in [0.25, 0.3) is 5.91 Å². The Balaban J connectivity index is 1.82. The molecule has 0 saturated carbocycles. The number of likely N-dealkylation sites (N-methyl/N-ethyl adjacent to an activating group) is 1. The maximum atomic E-state index is 12.7. The fourth-order valence-corrected chi connectivity index (χ4v) is 2.88. The van der Waals surface area contributed by atoms with E-state index in [9.17, 15) is 9.59 Å². The van der Waals surface area contributed by atoms with E-state index in [4.69, 9.17) is 10.00 Å². The van der Waals surface area contributed by atoms with Crippen LogP contribution in [0.15, 0.2) is 36.5 Å². The number of aromatic nitrogens is 2. The second-order valence-corrected chi connectivity index (χ2v) is 6.14. The molecule has 1 aromatic heterocycles. The highest BCUT2D eigenvalue weighted by atomic mass is 16.5. The SMILES string of the molecule is Cc1ccc(C2C(C(=O)Nc3ccn(CC#N)n3)OCC(=O)N2C)cc1. The van der Waals surface area contributed by atoms with Crippen LogP contribution in [0.2, 0.25) is 0 Å². The molecule has 0 aliphatic carbocycles. The zero-order valence-electron chi connectivity index (χ0n) is 14.5. The summed E-state index contributed by atoms with van der Waals surface area (Å²) in [5, 5.41) is 15.5. The second kappa shape index (κ2) is 7.37. The van der Waals surface area contributed by atoms with Crippen molar-refractivity contribution in [2.24, 2.45) is 0 Å². The number of anilines is 1. The highest BCUT2D eigenvalue weighted by Gasteiger charge is 2.40. The highest BCUT2D eigenvalue weighted by molar-refractivity contribution is 5.95. The van der Waals surface area contributed by atoms with Crippen LogP contribution in [-0.2, 0) is 20.9 Å². The Hall–Kier alpha value is -3.18. The Labute approximate surface area is 151 Å². The molecular formula is C18H19N5O3. The number of rotatable bonds is 4. The monoisotopic (exact) mass is 353 g/mol. The van der Waals surface area contributed by atoms with Crippen molar-refractivity contribution in [3.8, 4) is 6.07 Å². The quantitative estimate of drug-likeness (QED) is 0.892. The molecule has 1 aliphatic rings. The van der Waals surface area contributed by atoms with Crippen molar-refractivity contribution in [1.29, 1.82) is 5.26 Å². The number of aryl methyl sites for hydroxylation is 1. The highest BCUT2D eigenvalue weighted by Crippen LogP contribution is 2.30. The normalized spacial score (nSPS) is 19.9. The zero-order valence-corrected chi connectivity index (χ0v) is 14.5. The molecule has 0 spiro atoms. The molecule has 2 atom stereocenters. The van der Waals surface area contributed by atoms with Crippen LogP contribution >= 0.6 is 0 Å². The number of nitrogens with one attached hydrogen (secondary N) is 1. The summed E-state index contributed by atoms with van der Waals surface area (Å²) in [6.45, 7) is 1.91. The van der Waals surface area contributed by atoms with Crippen molar-refractivity contribution in [3.63, 3.8) is 0 Å². The van der Waals surface area contributed by atoms with Gasteiger partial charge >= 0.3 is 0 Å². The number of ether oxygens (including phenoxy) is 1. The van der Waals surface area contributed by atoms with Crippen LogP contribution in [-0.4, -0.2) is 46.3 Å². The maximum absolute atomic E-state index is 12.7. The summed E-state index contributed by atoms with van der Waals surface area (Å²) < 4.78 is 6.98. The largest absolute Gasteiger partial charge is 0.356 e. The number of hydrogen-bond acceptors (Lipinski definition) is 5. The Morgan fingerprint density at radius 3 is 2.81 bits per heavy atom. The van der Waals surface area contributed by atoms with Crippen molar-refractivity contribution >= 4 is 17.6 Å². The van der Waals surface area contributed by atoms with Crippen LogP contribution in [0.4, 0.5) is 5.82 Å². The van der Waals surface area contributed by atoms with Gasteiger partial charge in [-0.05, 0) is 12.5 Å². The van der Waals surface area contributed by atoms with Crippen LogP contribution in [0.5, 0.6) is 0 Å². The van der Waals surface area contributed by atoms with E-state index in [2.05, 4.69) is 10.4 Å². The van der Waals surface area contributed by atoms with Crippen molar-refractivity contribution < 1.29 is 14.3 Å². The van der Waals surface area contributed by atoms with Gasteiger partial charge in [-0.3, -0.25) is 14.3 Å². The van der Waals surface area contributed by atoms with Gasteiger partial charge in [-0.2, -0.15) is 10.4 Å². The summed E-state index contributed by atoms with van der Waals surface area (Å²) in [7, 11) is 1.66. The molecular weight excluding hydrogens is 334 g/mol. The van der Waals surface area contributed by atoms with Crippen LogP contribution in [0, 0.1) is 18.3 Å². The second-order valence-electron chi connectivity index (χ2n) is 6.14. The van der Waals surface area contributed by atoms with Gasteiger partial charge in [-0.1, -0.05) is 29.8 Å². The van der Waals surface area contributed by atoms with Crippen LogP contribution in [0.3, 0.4) is 0 Å². The van der Waals surface area contributed by atoms with E-state index in [0.717, 1.165) is 11.1 Å². The van der Waals surface area contributed by atoms with E-state index in [1.165, 1.54) is 9.58 Å². The third-order valence-electron chi connectivity index (χ3n) is 4.29. The van der Waals surface area contributed by atoms with Gasteiger partial charge in [0.2, 0.25) is 5.91 Å². The summed E-state index contributed by atoms with van der Waals surface area (Å²) in [5.74, 6) is -0.244. The van der Waals surface area contributed by atoms with Crippen molar-refractivity contribution in [1.82, 2.24) is 14.7 Å². The Bertz CT molecular complexity index is 852. The van der Waals surface area contributed by atoms with E-state index in [1.807, 2.05) is 37.3 Å². The van der Waals surface area contributed by atoms with Gasteiger partial charge in [-0.25, -0.2) is 0 Å². The molecule has 3 rings (SSSR count). The third kappa shape index (κ3) is 3.58. The predicted molar refractivity (Wildman–Crippen MR) is 92.9 cm³/mol. The number of morpholine rings is 1. The van der Waals surface area contributed by atoms with Gasteiger partial charge in [-0.15, -0.1) is 0 Å². The zero-order chi connectivity index (χ0) is 18.7. The first-order valence-corrected chi connectivity index (χ1v) is 8.14. The minimum atomic E-state index is -0.860. The molecule has 8 nitrogen and oxygen atoms in total. The fraction of sp³-hybridized carbons (Fsp3) is 0.333. The lowest BCUT2D eigenvalue weighted by molar-refractivity contribution is -0.160. The number of carbonyl (C=O) groups excluding carboxylic acids is 2. The minimum absolute atomic E-state index is 0.0963. The fourth-order valence-electron chi connectivity index (χ4n) is 2.88. The van der Waals surface area contributed by atoms with Crippen LogP contribution < -0.4 is 5.32 Å². The van der Waals surface area contributed by atoms with E-state index < -0.39 is 18.1 Å². The number of amides is 2. The molecule has 1 aliphatic heterocycles.